The summed E-state index contributed by atoms with van der Waals surface area (Å²) in [6, 6.07) is 21.2. The Morgan fingerprint density at radius 2 is 1.15 bits per heavy atom. The number of nitrogens with zero attached hydrogens (tertiary/aromatic N) is 4. The Balaban J connectivity index is 1.52. The minimum Gasteiger partial charge on any atom is -0.457 e. The quantitative estimate of drug-likeness (QED) is 0.222. The third-order valence-corrected chi connectivity index (χ3v) is 4.17. The van der Waals surface area contributed by atoms with Crippen LogP contribution in [-0.2, 0) is 14.3 Å². The molecule has 0 heterocycles. The highest BCUT2D eigenvalue weighted by Crippen LogP contribution is 2.25. The maximum absolute atomic E-state index is 11.1. The second kappa shape index (κ2) is 11.8. The van der Waals surface area contributed by atoms with E-state index in [2.05, 4.69) is 25.8 Å². The number of amides is 1. The standard InChI is InChI=1S/C24H23N5O4/c1-3-24(31)33-16-32-23-14-12-22(13-15-23)29-28-21-10-8-20(9-11-21)27-26-19-6-4-18(5-7-19)25-17(2)30/h4-15H,3,16H2,1-2H3,(H,25,30). The van der Waals surface area contributed by atoms with Crippen LogP contribution >= 0.6 is 0 Å². The normalized spacial score (nSPS) is 11.0. The number of anilines is 1. The molecular weight excluding hydrogens is 422 g/mol. The lowest BCUT2D eigenvalue weighted by atomic mass is 10.3. The van der Waals surface area contributed by atoms with Crippen LogP contribution in [0.15, 0.2) is 93.3 Å². The molecule has 0 saturated heterocycles. The van der Waals surface area contributed by atoms with Crippen LogP contribution in [0.1, 0.15) is 20.3 Å². The molecule has 1 amide bonds. The fourth-order valence-corrected chi connectivity index (χ4v) is 2.51. The summed E-state index contributed by atoms with van der Waals surface area (Å²) in [6.07, 6.45) is 0.307. The molecular formula is C24H23N5O4. The largest absolute Gasteiger partial charge is 0.457 e. The van der Waals surface area contributed by atoms with Gasteiger partial charge < -0.3 is 14.8 Å². The molecule has 0 radical (unpaired) electrons. The molecule has 0 aromatic heterocycles. The smallest absolute Gasteiger partial charge is 0.308 e. The molecule has 0 spiro atoms. The number of hydrogen-bond donors (Lipinski definition) is 1. The molecule has 3 aromatic rings. The van der Waals surface area contributed by atoms with Gasteiger partial charge in [0.25, 0.3) is 0 Å². The van der Waals surface area contributed by atoms with Crippen molar-refractivity contribution in [3.63, 3.8) is 0 Å². The van der Waals surface area contributed by atoms with Gasteiger partial charge >= 0.3 is 5.97 Å². The number of azo groups is 2. The van der Waals surface area contributed by atoms with E-state index < -0.39 is 0 Å². The highest BCUT2D eigenvalue weighted by Gasteiger charge is 2.00. The van der Waals surface area contributed by atoms with Crippen molar-refractivity contribution in [3.8, 4) is 5.75 Å². The average molecular weight is 445 g/mol. The molecule has 168 valence electrons. The summed E-state index contributed by atoms with van der Waals surface area (Å²) in [5.74, 6) is 0.127. The number of carbonyl (C=O) groups excluding carboxylic acids is 2. The Labute approximate surface area is 191 Å². The van der Waals surface area contributed by atoms with Gasteiger partial charge in [0.05, 0.1) is 22.7 Å². The summed E-state index contributed by atoms with van der Waals surface area (Å²) in [6.45, 7) is 3.05. The third-order valence-electron chi connectivity index (χ3n) is 4.17. The van der Waals surface area contributed by atoms with E-state index >= 15 is 0 Å². The van der Waals surface area contributed by atoms with Gasteiger partial charge in [0.2, 0.25) is 12.7 Å². The van der Waals surface area contributed by atoms with E-state index in [0.29, 0.717) is 40.6 Å². The molecule has 1 N–H and O–H groups in total. The minimum absolute atomic E-state index is 0.125. The molecule has 9 nitrogen and oxygen atoms in total. The Bertz CT molecular complexity index is 1130. The number of nitrogens with one attached hydrogen (secondary N) is 1. The molecule has 9 heteroatoms. The summed E-state index contributed by atoms with van der Waals surface area (Å²) in [5.41, 5.74) is 3.37. The molecule has 3 rings (SSSR count). The first kappa shape index (κ1) is 23.3. The van der Waals surface area contributed by atoms with Crippen molar-refractivity contribution in [2.45, 2.75) is 20.3 Å². The van der Waals surface area contributed by atoms with E-state index in [0.717, 1.165) is 0 Å². The predicted octanol–water partition coefficient (Wildman–Crippen LogP) is 6.77. The van der Waals surface area contributed by atoms with Crippen LogP contribution < -0.4 is 10.1 Å². The second-order valence-corrected chi connectivity index (χ2v) is 6.77. The molecule has 33 heavy (non-hydrogen) atoms. The summed E-state index contributed by atoms with van der Waals surface area (Å²) in [5, 5.41) is 19.5. The van der Waals surface area contributed by atoms with Gasteiger partial charge in [0, 0.05) is 19.0 Å². The fourth-order valence-electron chi connectivity index (χ4n) is 2.51. The minimum atomic E-state index is -0.315. The van der Waals surface area contributed by atoms with Crippen LogP contribution in [0.25, 0.3) is 0 Å². The summed E-state index contributed by atoms with van der Waals surface area (Å²) >= 11 is 0. The second-order valence-electron chi connectivity index (χ2n) is 6.77. The Morgan fingerprint density at radius 3 is 1.58 bits per heavy atom. The lowest BCUT2D eigenvalue weighted by Gasteiger charge is -2.06. The van der Waals surface area contributed by atoms with Gasteiger partial charge in [0.1, 0.15) is 5.75 Å². The first-order chi connectivity index (χ1) is 16.0. The van der Waals surface area contributed by atoms with Crippen LogP contribution in [0.2, 0.25) is 0 Å². The van der Waals surface area contributed by atoms with Gasteiger partial charge in [-0.05, 0) is 72.8 Å². The third kappa shape index (κ3) is 7.98. The predicted molar refractivity (Wildman–Crippen MR) is 124 cm³/mol. The molecule has 0 fully saturated rings. The van der Waals surface area contributed by atoms with Crippen LogP contribution in [0.4, 0.5) is 28.4 Å². The number of hydrogen-bond acceptors (Lipinski definition) is 8. The number of rotatable bonds is 9. The van der Waals surface area contributed by atoms with Crippen molar-refractivity contribution >= 4 is 40.3 Å². The first-order valence-corrected chi connectivity index (χ1v) is 10.2. The van der Waals surface area contributed by atoms with Gasteiger partial charge in [0.15, 0.2) is 0 Å². The highest BCUT2D eigenvalue weighted by molar-refractivity contribution is 5.88. The Hall–Kier alpha value is -4.40. The zero-order valence-corrected chi connectivity index (χ0v) is 18.3. The van der Waals surface area contributed by atoms with Crippen LogP contribution in [0.5, 0.6) is 5.75 Å². The molecule has 0 atom stereocenters. The van der Waals surface area contributed by atoms with Crippen molar-refractivity contribution in [2.24, 2.45) is 20.5 Å². The van der Waals surface area contributed by atoms with Crippen molar-refractivity contribution < 1.29 is 19.1 Å². The number of ether oxygens (including phenoxy) is 2. The van der Waals surface area contributed by atoms with E-state index in [-0.39, 0.29) is 18.7 Å². The molecule has 0 aliphatic carbocycles. The molecule has 0 saturated carbocycles. The summed E-state index contributed by atoms with van der Waals surface area (Å²) < 4.78 is 10.2. The van der Waals surface area contributed by atoms with Gasteiger partial charge in [-0.25, -0.2) is 0 Å². The van der Waals surface area contributed by atoms with E-state index in [1.165, 1.54) is 6.92 Å². The van der Waals surface area contributed by atoms with Gasteiger partial charge in [-0.15, -0.1) is 0 Å². The maximum atomic E-state index is 11.1. The van der Waals surface area contributed by atoms with Crippen molar-refractivity contribution in [3.05, 3.63) is 72.8 Å². The van der Waals surface area contributed by atoms with Crippen LogP contribution in [-0.4, -0.2) is 18.7 Å². The van der Waals surface area contributed by atoms with Crippen LogP contribution in [0.3, 0.4) is 0 Å². The molecule has 0 unspecified atom stereocenters. The number of esters is 1. The Kier molecular flexibility index (Phi) is 8.35. The lowest BCUT2D eigenvalue weighted by molar-refractivity contribution is -0.149. The van der Waals surface area contributed by atoms with E-state index in [9.17, 15) is 9.59 Å². The van der Waals surface area contributed by atoms with E-state index in [4.69, 9.17) is 9.47 Å². The molecule has 0 aliphatic rings. The number of benzene rings is 3. The summed E-state index contributed by atoms with van der Waals surface area (Å²) in [7, 11) is 0. The highest BCUT2D eigenvalue weighted by atomic mass is 16.7. The summed E-state index contributed by atoms with van der Waals surface area (Å²) in [4.78, 5) is 22.1. The molecule has 0 aliphatic heterocycles. The van der Waals surface area contributed by atoms with Crippen LogP contribution in [0, 0.1) is 0 Å². The van der Waals surface area contributed by atoms with Crippen molar-refractivity contribution in [2.75, 3.05) is 12.1 Å². The fraction of sp³-hybridized carbons (Fsp3) is 0.167. The van der Waals surface area contributed by atoms with Gasteiger partial charge in [-0.1, -0.05) is 6.92 Å². The SMILES string of the molecule is CCC(=O)OCOc1ccc(N=Nc2ccc(N=Nc3ccc(NC(C)=O)cc3)cc2)cc1. The average Bonchev–Trinajstić information content (AvgIpc) is 2.83. The first-order valence-electron chi connectivity index (χ1n) is 10.2. The topological polar surface area (TPSA) is 114 Å². The van der Waals surface area contributed by atoms with Gasteiger partial charge in [-0.2, -0.15) is 20.5 Å². The van der Waals surface area contributed by atoms with E-state index in [1.54, 1.807) is 79.7 Å². The van der Waals surface area contributed by atoms with Crippen molar-refractivity contribution in [1.29, 1.82) is 0 Å². The van der Waals surface area contributed by atoms with Gasteiger partial charge in [-0.3, -0.25) is 9.59 Å². The van der Waals surface area contributed by atoms with Crippen molar-refractivity contribution in [1.82, 2.24) is 0 Å². The maximum Gasteiger partial charge on any atom is 0.308 e. The lowest BCUT2D eigenvalue weighted by Crippen LogP contribution is -2.08. The Morgan fingerprint density at radius 1 is 0.727 bits per heavy atom. The zero-order chi connectivity index (χ0) is 23.5. The van der Waals surface area contributed by atoms with E-state index in [1.807, 2.05) is 0 Å². The zero-order valence-electron chi connectivity index (χ0n) is 18.3. The monoisotopic (exact) mass is 445 g/mol. The molecule has 0 bridgehead atoms. The number of carbonyl (C=O) groups is 2. The molecule has 3 aromatic carbocycles.